The van der Waals surface area contributed by atoms with Gasteiger partial charge >= 0.3 is 122 Å². The molecule has 97 heavy (non-hydrogen) atoms. The summed E-state index contributed by atoms with van der Waals surface area (Å²) in [6.07, 6.45) is 1.93. The number of urea groups is 2. The van der Waals surface area contributed by atoms with Gasteiger partial charge in [-0.3, -0.25) is 19.5 Å². The monoisotopic (exact) mass is 1780 g/mol. The van der Waals surface area contributed by atoms with Crippen LogP contribution in [0.2, 0.25) is 0 Å². The second-order valence-corrected chi connectivity index (χ2v) is 29.7. The molecule has 5 amide bonds. The fourth-order valence-corrected chi connectivity index (χ4v) is 13.3. The number of aromatic nitrogens is 5. The van der Waals surface area contributed by atoms with Crippen LogP contribution in [0.3, 0.4) is 0 Å². The first kappa shape index (κ1) is 93.3. The van der Waals surface area contributed by atoms with Gasteiger partial charge in [0.1, 0.15) is 39.8 Å². The molecule has 4 aliphatic heterocycles. The third-order valence-corrected chi connectivity index (χ3v) is 22.2. The number of aliphatic carboxylic acids is 1. The number of rotatable bonds is 4. The van der Waals surface area contributed by atoms with Crippen LogP contribution in [0.5, 0.6) is 0 Å². The topological polar surface area (TPSA) is 238 Å². The van der Waals surface area contributed by atoms with Crippen molar-refractivity contribution in [2.45, 2.75) is 185 Å². The normalized spacial score (nSPS) is 18.9. The van der Waals surface area contributed by atoms with Crippen LogP contribution in [-0.2, 0) is 25.9 Å². The van der Waals surface area contributed by atoms with Crippen LogP contribution < -0.4 is 135 Å². The summed E-state index contributed by atoms with van der Waals surface area (Å²) in [5.41, 5.74) is 19.7. The first-order valence-corrected chi connectivity index (χ1v) is 35.1. The molecule has 4 fully saturated rings. The number of amides is 5. The van der Waals surface area contributed by atoms with Crippen molar-refractivity contribution in [3.8, 4) is 0 Å². The van der Waals surface area contributed by atoms with Gasteiger partial charge < -0.3 is 51.4 Å². The van der Waals surface area contributed by atoms with Crippen molar-refractivity contribution in [2.75, 3.05) is 55.3 Å². The first-order chi connectivity index (χ1) is 42.8. The molecule has 0 aliphatic carbocycles. The van der Waals surface area contributed by atoms with E-state index in [9.17, 15) is 14.4 Å². The molecule has 4 aliphatic rings. The second kappa shape index (κ2) is 37.3. The Labute approximate surface area is 719 Å². The maximum Gasteiger partial charge on any atom is 1.00 e. The number of alkyl halides is 1. The Morgan fingerprint density at radius 2 is 1.07 bits per heavy atom. The van der Waals surface area contributed by atoms with Crippen LogP contribution in [0.4, 0.5) is 32.6 Å². The van der Waals surface area contributed by atoms with E-state index >= 15 is 0 Å². The van der Waals surface area contributed by atoms with E-state index in [1.54, 1.807) is 11.3 Å². The van der Waals surface area contributed by atoms with E-state index in [0.717, 1.165) is 75.1 Å². The SMILES string of the molecule is C.CBr.CC(=O)[O-].Cc1cc(N2C(=O)N(C)C(C)(C)C2C)ccc1B1OC(C)(C)C(C)(C)O1.Cc1cc(N2C(=O)N(C)C(C)(C)C2C)ccc1Br.Cc1ccc(C2C(=O)N(C)C(C)(C)N2C)cc1C.Cc1nc(N)c2c(Br)cn(C)c2n1.Cc1nc(N)c2c(Br)csc2n1.I.[H-].[HH].[K+].[K+]. The number of halogens is 5. The molecule has 11 rings (SSSR count). The number of carbonyl (C=O) groups is 4. The van der Waals surface area contributed by atoms with Crippen molar-refractivity contribution in [3.63, 3.8) is 0 Å². The Hall–Kier alpha value is -1.73. The average Bonchev–Trinajstić information content (AvgIpc) is 1.62. The molecule has 20 nitrogen and oxygen atoms in total. The molecule has 0 radical (unpaired) electrons. The molecule has 4 saturated heterocycles. The van der Waals surface area contributed by atoms with Crippen molar-refractivity contribution >= 4 is 180 Å². The zero-order chi connectivity index (χ0) is 70.9. The van der Waals surface area contributed by atoms with Crippen LogP contribution in [0, 0.1) is 41.5 Å². The zero-order valence-corrected chi connectivity index (χ0v) is 76.7. The first-order valence-electron chi connectivity index (χ1n) is 30.2. The molecular weight excluding hydrogens is 1680 g/mol. The largest absolute Gasteiger partial charge is 1.00 e. The van der Waals surface area contributed by atoms with Gasteiger partial charge in [0.15, 0.2) is 0 Å². The number of likely N-dealkylation sites (N-methyl/N-ethyl adjacent to an activating group) is 4. The van der Waals surface area contributed by atoms with Crippen LogP contribution in [0.15, 0.2) is 79.6 Å². The molecule has 3 aromatic carbocycles. The number of carboxylic acids is 1. The number of nitrogens with two attached hydrogens (primary N) is 2. The summed E-state index contributed by atoms with van der Waals surface area (Å²) in [5.74, 6) is 3.38. The molecule has 7 aromatic rings. The fourth-order valence-electron chi connectivity index (χ4n) is 10.7. The Kier molecular flexibility index (Phi) is 35.9. The summed E-state index contributed by atoms with van der Waals surface area (Å²) < 4.78 is 17.2. The summed E-state index contributed by atoms with van der Waals surface area (Å²) in [6.45, 7) is 37.9. The fraction of sp³-hybridized carbons (Fsp3) is 0.500. The molecule has 4 N–H and O–H groups in total. The van der Waals surface area contributed by atoms with Gasteiger partial charge in [-0.2, -0.15) is 0 Å². The molecule has 4 aromatic heterocycles. The number of aryl methyl sites for hydroxylation is 7. The molecule has 8 heterocycles. The number of thiophene rings is 1. The smallest absolute Gasteiger partial charge is 1.00 e. The van der Waals surface area contributed by atoms with Gasteiger partial charge in [-0.1, -0.05) is 63.6 Å². The summed E-state index contributed by atoms with van der Waals surface area (Å²) >= 11 is 14.8. The van der Waals surface area contributed by atoms with Gasteiger partial charge in [0.2, 0.25) is 5.91 Å². The number of hydrogen-bond acceptors (Lipinski definition) is 15. The van der Waals surface area contributed by atoms with E-state index in [1.807, 2.05) is 140 Å². The van der Waals surface area contributed by atoms with E-state index in [1.165, 1.54) is 11.1 Å². The summed E-state index contributed by atoms with van der Waals surface area (Å²) in [4.78, 5) is 75.4. The van der Waals surface area contributed by atoms with Crippen molar-refractivity contribution in [1.29, 1.82) is 0 Å². The predicted molar refractivity (Wildman–Crippen MR) is 418 cm³/mol. The Balaban J connectivity index is 0. The summed E-state index contributed by atoms with van der Waals surface area (Å²) in [7, 11) is 9.16. The molecule has 0 saturated carbocycles. The predicted octanol–water partition coefficient (Wildman–Crippen LogP) is 8.97. The minimum Gasteiger partial charge on any atom is -1.00 e. The van der Waals surface area contributed by atoms with Crippen molar-refractivity contribution < 1.29 is 139 Å². The molecule has 0 bridgehead atoms. The van der Waals surface area contributed by atoms with Gasteiger partial charge in [0.25, 0.3) is 0 Å². The van der Waals surface area contributed by atoms with Gasteiger partial charge in [0, 0.05) is 72.0 Å². The minimum absolute atomic E-state index is 0. The summed E-state index contributed by atoms with van der Waals surface area (Å²) in [5, 5.41) is 12.7. The molecule has 29 heteroatoms. The number of fused-ring (bicyclic) bond motifs is 2. The van der Waals surface area contributed by atoms with Crippen molar-refractivity contribution in [1.82, 2.24) is 44.1 Å². The number of carboxylic acid groups (broad SMARTS) is 1. The Bertz CT molecular complexity index is 3820. The Morgan fingerprint density at radius 1 is 0.629 bits per heavy atom. The maximum absolute atomic E-state index is 12.8. The summed E-state index contributed by atoms with van der Waals surface area (Å²) in [6, 6.07) is 18.6. The van der Waals surface area contributed by atoms with E-state index in [0.29, 0.717) is 23.3 Å². The van der Waals surface area contributed by atoms with Crippen LogP contribution in [-0.4, -0.2) is 149 Å². The third kappa shape index (κ3) is 20.6. The van der Waals surface area contributed by atoms with Gasteiger partial charge in [-0.15, -0.1) is 35.3 Å². The van der Waals surface area contributed by atoms with Gasteiger partial charge in [-0.25, -0.2) is 29.5 Å². The Morgan fingerprint density at radius 3 is 1.48 bits per heavy atom. The molecular formula is C68H101BBr4IK2N13O7S. The second-order valence-electron chi connectivity index (χ2n) is 26.2. The van der Waals surface area contributed by atoms with Crippen LogP contribution in [0.25, 0.3) is 21.3 Å². The van der Waals surface area contributed by atoms with Crippen molar-refractivity contribution in [3.05, 3.63) is 119 Å². The molecule has 0 spiro atoms. The number of carbonyl (C=O) groups excluding carboxylic acids is 4. The quantitative estimate of drug-likeness (QED) is 0.0951. The van der Waals surface area contributed by atoms with E-state index in [4.69, 9.17) is 30.7 Å². The third-order valence-electron chi connectivity index (χ3n) is 18.9. The van der Waals surface area contributed by atoms with Crippen molar-refractivity contribution in [2.24, 2.45) is 7.05 Å². The molecule has 3 unspecified atom stereocenters. The standard InChI is InChI=1S/C20H31BN2O3.C15H22N2O.C14H19BrN2O.C8H9BrN4.C7H6BrN3S.C2H4O2.CH3Br.CH4.HI.2K.H2.H/c1-13-12-15(23-14(2)18(3,4)22(9)17(23)24)10-11-16(13)21-25-19(5,6)20(7,8)26-21;1-10-7-8-12(9-11(10)2)13-14(18)17(6)15(3,4)16(13)5;1-9-8-11(6-7-12(9)15)17-10(2)14(3,4)16(5)13(17)18;1-4-11-7(10)6-5(9)3-13(2)8(6)12-4;1-3-10-6(9)5-4(8)2-12-7(5)11-3;1-2(3)4;1-2;;;;;;/h10-12,14H,1-9H3;7-9,13H,1-6H3;6-8,10H,1-5H3;3H,1-2H3,(H2,10,11,12);2H,1H3,(H2,9,10,11);1H3,(H,3,4);1H3;1H4;1H;;;1H;/q;;;;;;;;;2*+1;;-1/p-1. The average molecular weight is 1780 g/mol. The van der Waals surface area contributed by atoms with Crippen LogP contribution >= 0.6 is 99.0 Å². The zero-order valence-electron chi connectivity index (χ0n) is 61.9. The minimum atomic E-state index is -1.08. The molecule has 526 valence electrons. The number of hydrogen-bond donors (Lipinski definition) is 2. The number of nitrogens with zero attached hydrogens (tertiary/aromatic N) is 11. The van der Waals surface area contributed by atoms with Gasteiger partial charge in [0.05, 0.1) is 50.8 Å². The number of nitrogen functional groups attached to an aromatic ring is 2. The molecule has 3 atom stereocenters. The maximum atomic E-state index is 12.8. The number of benzene rings is 3. The van der Waals surface area contributed by atoms with E-state index in [2.05, 4.69) is 210 Å². The van der Waals surface area contributed by atoms with E-state index in [-0.39, 0.29) is 208 Å². The van der Waals surface area contributed by atoms with Crippen LogP contribution in [0.1, 0.15) is 146 Å². The van der Waals surface area contributed by atoms with E-state index < -0.39 is 5.97 Å². The number of anilines is 4. The van der Waals surface area contributed by atoms with Gasteiger partial charge in [-0.05, 0) is 240 Å².